The normalized spacial score (nSPS) is 20.1. The summed E-state index contributed by atoms with van der Waals surface area (Å²) in [5.74, 6) is -0.156. The Kier molecular flexibility index (Phi) is 6.55. The monoisotopic (exact) mass is 305 g/mol. The van der Waals surface area contributed by atoms with Gasteiger partial charge in [0.05, 0.1) is 13.0 Å². The molecule has 1 fully saturated rings. The molecule has 0 aromatic heterocycles. The molecule has 98 valence electrons. The van der Waals surface area contributed by atoms with Gasteiger partial charge in [0.1, 0.15) is 0 Å². The summed E-state index contributed by atoms with van der Waals surface area (Å²) in [6, 6.07) is 0. The molecule has 4 nitrogen and oxygen atoms in total. The maximum Gasteiger partial charge on any atom is 0.310 e. The van der Waals surface area contributed by atoms with Crippen LogP contribution < -0.4 is 0 Å². The van der Waals surface area contributed by atoms with Crippen LogP contribution in [0.4, 0.5) is 0 Å². The molecule has 0 aromatic carbocycles. The van der Waals surface area contributed by atoms with Gasteiger partial charge in [-0.1, -0.05) is 15.9 Å². The summed E-state index contributed by atoms with van der Waals surface area (Å²) >= 11 is 3.35. The predicted octanol–water partition coefficient (Wildman–Crippen LogP) is 1.96. The lowest BCUT2D eigenvalue weighted by atomic mass is 9.98. The van der Waals surface area contributed by atoms with E-state index in [-0.39, 0.29) is 17.8 Å². The Balaban J connectivity index is 2.37. The number of nitrogens with zero attached hydrogens (tertiary/aromatic N) is 1. The topological polar surface area (TPSA) is 46.6 Å². The van der Waals surface area contributed by atoms with Gasteiger partial charge in [-0.2, -0.15) is 0 Å². The highest BCUT2D eigenvalue weighted by Gasteiger charge is 2.28. The zero-order chi connectivity index (χ0) is 12.7. The molecule has 0 aromatic rings. The van der Waals surface area contributed by atoms with E-state index in [0.717, 1.165) is 37.6 Å². The molecule has 17 heavy (non-hydrogen) atoms. The molecule has 1 atom stereocenters. The molecular weight excluding hydrogens is 286 g/mol. The molecule has 0 N–H and O–H groups in total. The van der Waals surface area contributed by atoms with Crippen molar-refractivity contribution in [2.75, 3.05) is 25.5 Å². The Bertz CT molecular complexity index is 270. The first kappa shape index (κ1) is 14.5. The average Bonchev–Trinajstić information content (AvgIpc) is 2.38. The van der Waals surface area contributed by atoms with Crippen LogP contribution in [0.25, 0.3) is 0 Å². The Labute approximate surface area is 111 Å². The molecule has 0 bridgehead atoms. The van der Waals surface area contributed by atoms with Crippen LogP contribution in [0.5, 0.6) is 0 Å². The van der Waals surface area contributed by atoms with Gasteiger partial charge >= 0.3 is 5.97 Å². The van der Waals surface area contributed by atoms with Crippen LogP contribution in [0.1, 0.15) is 32.1 Å². The number of carbonyl (C=O) groups excluding carboxylic acids is 2. The third-order valence-electron chi connectivity index (χ3n) is 3.08. The molecule has 1 unspecified atom stereocenters. The number of halogens is 1. The van der Waals surface area contributed by atoms with E-state index in [2.05, 4.69) is 15.9 Å². The van der Waals surface area contributed by atoms with Crippen molar-refractivity contribution in [1.29, 1.82) is 0 Å². The number of rotatable bonds is 5. The summed E-state index contributed by atoms with van der Waals surface area (Å²) in [6.45, 7) is 1.31. The maximum atomic E-state index is 11.9. The average molecular weight is 306 g/mol. The van der Waals surface area contributed by atoms with Gasteiger partial charge in [-0.3, -0.25) is 9.59 Å². The quantitative estimate of drug-likeness (QED) is 0.443. The summed E-state index contributed by atoms with van der Waals surface area (Å²) < 4.78 is 4.73. The largest absolute Gasteiger partial charge is 0.469 e. The number of amides is 1. The first-order valence-corrected chi connectivity index (χ1v) is 7.22. The number of likely N-dealkylation sites (tertiary alicyclic amines) is 1. The van der Waals surface area contributed by atoms with Crippen molar-refractivity contribution in [2.45, 2.75) is 32.1 Å². The molecule has 0 radical (unpaired) electrons. The van der Waals surface area contributed by atoms with Crippen LogP contribution in [0.15, 0.2) is 0 Å². The van der Waals surface area contributed by atoms with Gasteiger partial charge in [-0.05, 0) is 25.7 Å². The number of esters is 1. The second-order valence-corrected chi connectivity index (χ2v) is 5.14. The number of methoxy groups -OCH3 is 1. The number of hydrogen-bond donors (Lipinski definition) is 0. The van der Waals surface area contributed by atoms with Crippen LogP contribution in [-0.4, -0.2) is 42.3 Å². The summed E-state index contributed by atoms with van der Waals surface area (Å²) in [6.07, 6.45) is 4.23. The minimum absolute atomic E-state index is 0.131. The fourth-order valence-electron chi connectivity index (χ4n) is 2.09. The number of alkyl halides is 1. The predicted molar refractivity (Wildman–Crippen MR) is 69.0 cm³/mol. The lowest BCUT2D eigenvalue weighted by Crippen LogP contribution is -2.42. The van der Waals surface area contributed by atoms with Gasteiger partial charge < -0.3 is 9.64 Å². The van der Waals surface area contributed by atoms with Gasteiger partial charge in [0, 0.05) is 24.8 Å². The molecule has 1 rings (SSSR count). The smallest absolute Gasteiger partial charge is 0.310 e. The van der Waals surface area contributed by atoms with E-state index in [1.165, 1.54) is 7.11 Å². The van der Waals surface area contributed by atoms with Crippen molar-refractivity contribution in [1.82, 2.24) is 4.90 Å². The van der Waals surface area contributed by atoms with Crippen LogP contribution in [0.2, 0.25) is 0 Å². The van der Waals surface area contributed by atoms with E-state index in [9.17, 15) is 9.59 Å². The molecule has 1 amide bonds. The Hall–Kier alpha value is -0.580. The molecule has 1 saturated heterocycles. The van der Waals surface area contributed by atoms with Gasteiger partial charge in [0.25, 0.3) is 0 Å². The Morgan fingerprint density at radius 3 is 2.82 bits per heavy atom. The van der Waals surface area contributed by atoms with Crippen LogP contribution in [0, 0.1) is 5.92 Å². The van der Waals surface area contributed by atoms with Gasteiger partial charge in [0.2, 0.25) is 5.91 Å². The fourth-order valence-corrected chi connectivity index (χ4v) is 2.49. The first-order chi connectivity index (χ1) is 8.19. The Morgan fingerprint density at radius 2 is 2.18 bits per heavy atom. The molecule has 1 aliphatic rings. The van der Waals surface area contributed by atoms with E-state index < -0.39 is 0 Å². The summed E-state index contributed by atoms with van der Waals surface area (Å²) in [7, 11) is 1.40. The van der Waals surface area contributed by atoms with Crippen LogP contribution in [0.3, 0.4) is 0 Å². The number of ether oxygens (including phenoxy) is 1. The van der Waals surface area contributed by atoms with Crippen molar-refractivity contribution in [3.8, 4) is 0 Å². The molecule has 1 heterocycles. The highest BCUT2D eigenvalue weighted by Crippen LogP contribution is 2.18. The highest BCUT2D eigenvalue weighted by atomic mass is 79.9. The lowest BCUT2D eigenvalue weighted by Gasteiger charge is -2.31. The SMILES string of the molecule is COC(=O)C1CCCN(C(=O)CCCCBr)C1. The number of piperidine rings is 1. The fraction of sp³-hybridized carbons (Fsp3) is 0.833. The summed E-state index contributed by atoms with van der Waals surface area (Å²) in [4.78, 5) is 25.1. The van der Waals surface area contributed by atoms with Crippen molar-refractivity contribution < 1.29 is 14.3 Å². The second kappa shape index (κ2) is 7.69. The van der Waals surface area contributed by atoms with E-state index in [1.54, 1.807) is 4.90 Å². The highest BCUT2D eigenvalue weighted by molar-refractivity contribution is 9.09. The second-order valence-electron chi connectivity index (χ2n) is 4.35. The molecule has 5 heteroatoms. The van der Waals surface area contributed by atoms with Crippen LogP contribution in [-0.2, 0) is 14.3 Å². The molecule has 0 saturated carbocycles. The van der Waals surface area contributed by atoms with E-state index >= 15 is 0 Å². The van der Waals surface area contributed by atoms with Gasteiger partial charge in [0.15, 0.2) is 0 Å². The lowest BCUT2D eigenvalue weighted by molar-refractivity contribution is -0.149. The van der Waals surface area contributed by atoms with Crippen molar-refractivity contribution in [3.05, 3.63) is 0 Å². The Morgan fingerprint density at radius 1 is 1.41 bits per heavy atom. The van der Waals surface area contributed by atoms with Gasteiger partial charge in [-0.15, -0.1) is 0 Å². The maximum absolute atomic E-state index is 11.9. The summed E-state index contributed by atoms with van der Waals surface area (Å²) in [5, 5.41) is 0.936. The zero-order valence-corrected chi connectivity index (χ0v) is 11.9. The van der Waals surface area contributed by atoms with E-state index in [4.69, 9.17) is 4.74 Å². The number of hydrogen-bond acceptors (Lipinski definition) is 3. The number of unbranched alkanes of at least 4 members (excludes halogenated alkanes) is 1. The molecular formula is C12H20BrNO3. The molecule has 1 aliphatic heterocycles. The van der Waals surface area contributed by atoms with E-state index in [0.29, 0.717) is 13.0 Å². The minimum Gasteiger partial charge on any atom is -0.469 e. The minimum atomic E-state index is -0.192. The standard InChI is InChI=1S/C12H20BrNO3/c1-17-12(16)10-5-4-8-14(9-10)11(15)6-2-3-7-13/h10H,2-9H2,1H3. The van der Waals surface area contributed by atoms with Crippen molar-refractivity contribution in [3.63, 3.8) is 0 Å². The third kappa shape index (κ3) is 4.66. The van der Waals surface area contributed by atoms with Gasteiger partial charge in [-0.25, -0.2) is 0 Å². The van der Waals surface area contributed by atoms with Crippen LogP contribution >= 0.6 is 15.9 Å². The van der Waals surface area contributed by atoms with Crippen molar-refractivity contribution in [2.24, 2.45) is 5.92 Å². The summed E-state index contributed by atoms with van der Waals surface area (Å²) in [5.41, 5.74) is 0. The van der Waals surface area contributed by atoms with E-state index in [1.807, 2.05) is 0 Å². The molecule has 0 spiro atoms. The first-order valence-electron chi connectivity index (χ1n) is 6.10. The molecule has 0 aliphatic carbocycles. The number of carbonyl (C=O) groups is 2. The zero-order valence-electron chi connectivity index (χ0n) is 10.3. The van der Waals surface area contributed by atoms with Crippen molar-refractivity contribution >= 4 is 27.8 Å². The third-order valence-corrected chi connectivity index (χ3v) is 3.64.